The fraction of sp³-hybridized carbons (Fsp3) is 0.643. The maximum absolute atomic E-state index is 12.0. The molecule has 0 spiro atoms. The van der Waals surface area contributed by atoms with Gasteiger partial charge in [0, 0.05) is 6.42 Å². The number of rotatable bonds is 4. The third-order valence-electron chi connectivity index (χ3n) is 3.62. The third kappa shape index (κ3) is 2.94. The van der Waals surface area contributed by atoms with Crippen LogP contribution in [-0.4, -0.2) is 5.78 Å². The van der Waals surface area contributed by atoms with Crippen molar-refractivity contribution in [2.45, 2.75) is 51.9 Å². The van der Waals surface area contributed by atoms with Gasteiger partial charge in [-0.15, -0.1) is 11.3 Å². The molecule has 1 aliphatic rings. The monoisotopic (exact) mass is 236 g/mol. The Balaban J connectivity index is 1.81. The molecule has 0 amide bonds. The van der Waals surface area contributed by atoms with E-state index in [1.165, 1.54) is 32.1 Å². The van der Waals surface area contributed by atoms with Crippen molar-refractivity contribution in [1.82, 2.24) is 0 Å². The highest BCUT2D eigenvalue weighted by molar-refractivity contribution is 7.12. The van der Waals surface area contributed by atoms with Gasteiger partial charge >= 0.3 is 0 Å². The molecule has 0 saturated heterocycles. The van der Waals surface area contributed by atoms with Crippen molar-refractivity contribution in [1.29, 1.82) is 0 Å². The van der Waals surface area contributed by atoms with Gasteiger partial charge in [0.15, 0.2) is 5.78 Å². The molecular formula is C14H20OS. The van der Waals surface area contributed by atoms with E-state index in [0.717, 1.165) is 29.2 Å². The summed E-state index contributed by atoms with van der Waals surface area (Å²) >= 11 is 1.59. The Kier molecular flexibility index (Phi) is 4.16. The van der Waals surface area contributed by atoms with Gasteiger partial charge in [-0.3, -0.25) is 4.79 Å². The van der Waals surface area contributed by atoms with Gasteiger partial charge in [-0.25, -0.2) is 0 Å². The zero-order valence-electron chi connectivity index (χ0n) is 10.00. The van der Waals surface area contributed by atoms with Crippen molar-refractivity contribution in [3.63, 3.8) is 0 Å². The molecule has 2 rings (SSSR count). The largest absolute Gasteiger partial charge is 0.293 e. The van der Waals surface area contributed by atoms with Crippen molar-refractivity contribution in [3.05, 3.63) is 21.9 Å². The quantitative estimate of drug-likeness (QED) is 0.698. The van der Waals surface area contributed by atoms with Gasteiger partial charge < -0.3 is 0 Å². The van der Waals surface area contributed by atoms with Crippen LogP contribution in [-0.2, 0) is 0 Å². The molecule has 0 atom stereocenters. The van der Waals surface area contributed by atoms with E-state index in [-0.39, 0.29) is 0 Å². The summed E-state index contributed by atoms with van der Waals surface area (Å²) in [6, 6.07) is 2.04. The van der Waals surface area contributed by atoms with Crippen LogP contribution in [0.4, 0.5) is 0 Å². The molecule has 2 heteroatoms. The van der Waals surface area contributed by atoms with Crippen molar-refractivity contribution < 1.29 is 4.79 Å². The lowest BCUT2D eigenvalue weighted by molar-refractivity contribution is 0.0973. The van der Waals surface area contributed by atoms with Crippen molar-refractivity contribution in [2.75, 3.05) is 0 Å². The first kappa shape index (κ1) is 11.8. The summed E-state index contributed by atoms with van der Waals surface area (Å²) in [4.78, 5) is 13.0. The summed E-state index contributed by atoms with van der Waals surface area (Å²) in [5.74, 6) is 1.18. The van der Waals surface area contributed by atoms with Crippen molar-refractivity contribution >= 4 is 17.1 Å². The summed E-state index contributed by atoms with van der Waals surface area (Å²) in [7, 11) is 0. The number of hydrogen-bond donors (Lipinski definition) is 0. The van der Waals surface area contributed by atoms with E-state index in [1.807, 2.05) is 18.4 Å². The Labute approximate surface area is 102 Å². The fourth-order valence-electron chi connectivity index (χ4n) is 2.58. The molecular weight excluding hydrogens is 216 g/mol. The molecule has 1 aromatic heterocycles. The van der Waals surface area contributed by atoms with Crippen molar-refractivity contribution in [2.24, 2.45) is 5.92 Å². The summed E-state index contributed by atoms with van der Waals surface area (Å²) in [6.07, 6.45) is 8.69. The minimum absolute atomic E-state index is 0.359. The second-order valence-electron chi connectivity index (χ2n) is 4.90. The molecule has 0 aliphatic heterocycles. The SMILES string of the molecule is Cc1ccsc1C(=O)CCC1CCCCC1. The average Bonchev–Trinajstić information content (AvgIpc) is 2.74. The number of ketones is 1. The van der Waals surface area contributed by atoms with E-state index >= 15 is 0 Å². The first-order valence-electron chi connectivity index (χ1n) is 6.34. The van der Waals surface area contributed by atoms with Crippen LogP contribution in [0.2, 0.25) is 0 Å². The average molecular weight is 236 g/mol. The highest BCUT2D eigenvalue weighted by Gasteiger charge is 2.16. The van der Waals surface area contributed by atoms with Crippen LogP contribution in [0, 0.1) is 12.8 Å². The lowest BCUT2D eigenvalue weighted by atomic mass is 9.85. The third-order valence-corrected chi connectivity index (χ3v) is 4.68. The van der Waals surface area contributed by atoms with Gasteiger partial charge in [0.2, 0.25) is 0 Å². The van der Waals surface area contributed by atoms with E-state index in [1.54, 1.807) is 11.3 Å². The van der Waals surface area contributed by atoms with Gasteiger partial charge in [-0.1, -0.05) is 32.1 Å². The molecule has 0 radical (unpaired) electrons. The number of thiophene rings is 1. The molecule has 1 nitrogen and oxygen atoms in total. The van der Waals surface area contributed by atoms with E-state index in [2.05, 4.69) is 0 Å². The summed E-state index contributed by atoms with van der Waals surface area (Å²) < 4.78 is 0. The molecule has 1 aliphatic carbocycles. The second kappa shape index (κ2) is 5.62. The van der Waals surface area contributed by atoms with Crippen LogP contribution < -0.4 is 0 Å². The lowest BCUT2D eigenvalue weighted by Crippen LogP contribution is -2.09. The molecule has 1 aromatic rings. The molecule has 88 valence electrons. The van der Waals surface area contributed by atoms with Crippen LogP contribution in [0.25, 0.3) is 0 Å². The molecule has 16 heavy (non-hydrogen) atoms. The molecule has 1 saturated carbocycles. The van der Waals surface area contributed by atoms with Gasteiger partial charge in [0.1, 0.15) is 0 Å². The Hall–Kier alpha value is -0.630. The normalized spacial score (nSPS) is 17.6. The van der Waals surface area contributed by atoms with E-state index in [9.17, 15) is 4.79 Å². The maximum Gasteiger partial charge on any atom is 0.173 e. The predicted molar refractivity (Wildman–Crippen MR) is 69.2 cm³/mol. The zero-order valence-corrected chi connectivity index (χ0v) is 10.8. The zero-order chi connectivity index (χ0) is 11.4. The van der Waals surface area contributed by atoms with Gasteiger partial charge in [0.05, 0.1) is 4.88 Å². The number of carbonyl (C=O) groups excluding carboxylic acids is 1. The molecule has 0 bridgehead atoms. The minimum Gasteiger partial charge on any atom is -0.293 e. The number of Topliss-reactive ketones (excluding diaryl/α,β-unsaturated/α-hetero) is 1. The first-order valence-corrected chi connectivity index (χ1v) is 7.22. The van der Waals surface area contributed by atoms with Crippen LogP contribution in [0.1, 0.15) is 60.2 Å². The minimum atomic E-state index is 0.359. The van der Waals surface area contributed by atoms with Crippen LogP contribution in [0.15, 0.2) is 11.4 Å². The van der Waals surface area contributed by atoms with E-state index in [4.69, 9.17) is 0 Å². The lowest BCUT2D eigenvalue weighted by Gasteiger charge is -2.20. The summed E-state index contributed by atoms with van der Waals surface area (Å²) in [6.45, 7) is 2.03. The van der Waals surface area contributed by atoms with Gasteiger partial charge in [0.25, 0.3) is 0 Å². The van der Waals surface area contributed by atoms with E-state index < -0.39 is 0 Å². The van der Waals surface area contributed by atoms with Crippen LogP contribution >= 0.6 is 11.3 Å². The molecule has 0 unspecified atom stereocenters. The van der Waals surface area contributed by atoms with Gasteiger partial charge in [-0.2, -0.15) is 0 Å². The highest BCUT2D eigenvalue weighted by Crippen LogP contribution is 2.28. The summed E-state index contributed by atoms with van der Waals surface area (Å²) in [5, 5.41) is 2.02. The Bertz CT molecular complexity index is 347. The molecule has 1 fully saturated rings. The van der Waals surface area contributed by atoms with Gasteiger partial charge in [-0.05, 0) is 36.3 Å². The molecule has 0 N–H and O–H groups in total. The predicted octanol–water partition coefficient (Wildman–Crippen LogP) is 4.60. The smallest absolute Gasteiger partial charge is 0.173 e. The number of aryl methyl sites for hydroxylation is 1. The highest BCUT2D eigenvalue weighted by atomic mass is 32.1. The summed E-state index contributed by atoms with van der Waals surface area (Å²) in [5.41, 5.74) is 1.15. The maximum atomic E-state index is 12.0. The molecule has 0 aromatic carbocycles. The Morgan fingerprint density at radius 1 is 1.38 bits per heavy atom. The number of carbonyl (C=O) groups is 1. The first-order chi connectivity index (χ1) is 7.77. The second-order valence-corrected chi connectivity index (χ2v) is 5.81. The standard InChI is InChI=1S/C14H20OS/c1-11-9-10-16-14(11)13(15)8-7-12-5-3-2-4-6-12/h9-10,12H,2-8H2,1H3. The Morgan fingerprint density at radius 3 is 2.75 bits per heavy atom. The van der Waals surface area contributed by atoms with E-state index in [0.29, 0.717) is 5.78 Å². The molecule has 1 heterocycles. The number of hydrogen-bond acceptors (Lipinski definition) is 2. The topological polar surface area (TPSA) is 17.1 Å². The fourth-order valence-corrected chi connectivity index (χ4v) is 3.48. The Morgan fingerprint density at radius 2 is 2.12 bits per heavy atom. The van der Waals surface area contributed by atoms with Crippen LogP contribution in [0.5, 0.6) is 0 Å². The van der Waals surface area contributed by atoms with Crippen LogP contribution in [0.3, 0.4) is 0 Å². The van der Waals surface area contributed by atoms with Crippen molar-refractivity contribution in [3.8, 4) is 0 Å².